The second-order valence-electron chi connectivity index (χ2n) is 5.37. The number of carbonyl (C=O) groups is 3. The first-order chi connectivity index (χ1) is 11.0. The van der Waals surface area contributed by atoms with Gasteiger partial charge in [0.05, 0.1) is 0 Å². The van der Waals surface area contributed by atoms with E-state index in [1.54, 1.807) is 0 Å². The van der Waals surface area contributed by atoms with Gasteiger partial charge in [-0.3, -0.25) is 14.4 Å². The lowest BCUT2D eigenvalue weighted by Gasteiger charge is -2.14. The molecular weight excluding hydrogens is 296 g/mol. The predicted octanol–water partition coefficient (Wildman–Crippen LogP) is 3.03. The van der Waals surface area contributed by atoms with Crippen LogP contribution in [-0.4, -0.2) is 30.9 Å². The van der Waals surface area contributed by atoms with Gasteiger partial charge in [0, 0.05) is 6.42 Å². The standard InChI is InChI=1S/C18H24O5/c1-3-15(16-7-5-4-6-8-16)9-10-17(20)22-11-12-23-18(21)13-14(2)19/h4-8,15H,3,9-13H2,1-2H3. The summed E-state index contributed by atoms with van der Waals surface area (Å²) in [7, 11) is 0. The molecule has 0 saturated carbocycles. The smallest absolute Gasteiger partial charge is 0.313 e. The summed E-state index contributed by atoms with van der Waals surface area (Å²) >= 11 is 0. The molecule has 5 heteroatoms. The van der Waals surface area contributed by atoms with Crippen LogP contribution in [0.2, 0.25) is 0 Å². The molecule has 0 heterocycles. The fourth-order valence-electron chi connectivity index (χ4n) is 2.26. The Morgan fingerprint density at radius 3 is 2.17 bits per heavy atom. The van der Waals surface area contributed by atoms with E-state index in [1.807, 2.05) is 18.2 Å². The minimum atomic E-state index is -0.594. The highest BCUT2D eigenvalue weighted by atomic mass is 16.6. The van der Waals surface area contributed by atoms with Gasteiger partial charge in [-0.05, 0) is 31.2 Å². The van der Waals surface area contributed by atoms with Gasteiger partial charge in [-0.1, -0.05) is 37.3 Å². The van der Waals surface area contributed by atoms with Crippen molar-refractivity contribution >= 4 is 17.7 Å². The molecule has 0 aromatic heterocycles. The summed E-state index contributed by atoms with van der Waals surface area (Å²) in [6.07, 6.45) is 1.77. The first kappa shape index (κ1) is 18.9. The maximum absolute atomic E-state index is 11.7. The van der Waals surface area contributed by atoms with E-state index in [9.17, 15) is 14.4 Å². The van der Waals surface area contributed by atoms with E-state index in [1.165, 1.54) is 12.5 Å². The van der Waals surface area contributed by atoms with Crippen LogP contribution in [0.3, 0.4) is 0 Å². The van der Waals surface area contributed by atoms with Gasteiger partial charge < -0.3 is 9.47 Å². The Labute approximate surface area is 137 Å². The normalized spacial score (nSPS) is 11.6. The van der Waals surface area contributed by atoms with Crippen molar-refractivity contribution in [2.24, 2.45) is 0 Å². The van der Waals surface area contributed by atoms with E-state index in [0.717, 1.165) is 12.8 Å². The SMILES string of the molecule is CCC(CCC(=O)OCCOC(=O)CC(C)=O)c1ccccc1. The van der Waals surface area contributed by atoms with Crippen molar-refractivity contribution in [2.45, 2.75) is 45.4 Å². The number of benzene rings is 1. The molecule has 0 fully saturated rings. The first-order valence-electron chi connectivity index (χ1n) is 7.88. The summed E-state index contributed by atoms with van der Waals surface area (Å²) in [6, 6.07) is 10.1. The van der Waals surface area contributed by atoms with Crippen molar-refractivity contribution in [1.82, 2.24) is 0 Å². The molecular formula is C18H24O5. The summed E-state index contributed by atoms with van der Waals surface area (Å²) in [5.41, 5.74) is 1.22. The molecule has 0 N–H and O–H groups in total. The van der Waals surface area contributed by atoms with Crippen LogP contribution in [0.5, 0.6) is 0 Å². The minimum absolute atomic E-state index is 0.0185. The highest BCUT2D eigenvalue weighted by Gasteiger charge is 2.12. The molecule has 0 aliphatic rings. The summed E-state index contributed by atoms with van der Waals surface area (Å²) in [5, 5.41) is 0. The number of esters is 2. The molecule has 1 atom stereocenters. The summed E-state index contributed by atoms with van der Waals surface area (Å²) in [4.78, 5) is 33.5. The van der Waals surface area contributed by atoms with Crippen LogP contribution in [0.15, 0.2) is 30.3 Å². The zero-order valence-corrected chi connectivity index (χ0v) is 13.7. The van der Waals surface area contributed by atoms with Crippen molar-refractivity contribution in [1.29, 1.82) is 0 Å². The fraction of sp³-hybridized carbons (Fsp3) is 0.500. The maximum atomic E-state index is 11.7. The molecule has 0 aliphatic heterocycles. The third kappa shape index (κ3) is 8.14. The lowest BCUT2D eigenvalue weighted by molar-refractivity contribution is -0.153. The molecule has 1 aromatic rings. The predicted molar refractivity (Wildman–Crippen MR) is 85.9 cm³/mol. The Morgan fingerprint density at radius 1 is 1.00 bits per heavy atom. The van der Waals surface area contributed by atoms with Gasteiger partial charge in [0.15, 0.2) is 0 Å². The van der Waals surface area contributed by atoms with Gasteiger partial charge in [0.1, 0.15) is 25.4 Å². The van der Waals surface area contributed by atoms with Gasteiger partial charge >= 0.3 is 11.9 Å². The monoisotopic (exact) mass is 320 g/mol. The second kappa shape index (κ2) is 10.5. The molecule has 1 rings (SSSR count). The fourth-order valence-corrected chi connectivity index (χ4v) is 2.26. The van der Waals surface area contributed by atoms with Crippen LogP contribution in [0.25, 0.3) is 0 Å². The molecule has 0 amide bonds. The number of ether oxygens (including phenoxy) is 2. The zero-order chi connectivity index (χ0) is 17.1. The summed E-state index contributed by atoms with van der Waals surface area (Å²) in [5.74, 6) is -0.818. The molecule has 126 valence electrons. The highest BCUT2D eigenvalue weighted by Crippen LogP contribution is 2.24. The number of hydrogen-bond acceptors (Lipinski definition) is 5. The first-order valence-corrected chi connectivity index (χ1v) is 7.88. The molecule has 0 bridgehead atoms. The topological polar surface area (TPSA) is 69.7 Å². The summed E-state index contributed by atoms with van der Waals surface area (Å²) < 4.78 is 9.81. The molecule has 0 aliphatic carbocycles. The number of carbonyl (C=O) groups excluding carboxylic acids is 3. The lowest BCUT2D eigenvalue weighted by atomic mass is 9.92. The van der Waals surface area contributed by atoms with Gasteiger partial charge in [0.2, 0.25) is 0 Å². The Kier molecular flexibility index (Phi) is 8.65. The van der Waals surface area contributed by atoms with Crippen molar-refractivity contribution in [3.05, 3.63) is 35.9 Å². The molecule has 1 unspecified atom stereocenters. The van der Waals surface area contributed by atoms with E-state index in [2.05, 4.69) is 19.1 Å². The van der Waals surface area contributed by atoms with E-state index in [-0.39, 0.29) is 31.4 Å². The molecule has 1 aromatic carbocycles. The summed E-state index contributed by atoms with van der Waals surface area (Å²) in [6.45, 7) is 3.41. The zero-order valence-electron chi connectivity index (χ0n) is 13.7. The van der Waals surface area contributed by atoms with Crippen molar-refractivity contribution in [3.8, 4) is 0 Å². The number of rotatable bonds is 10. The third-order valence-electron chi connectivity index (χ3n) is 3.46. The Hall–Kier alpha value is -2.17. The van der Waals surface area contributed by atoms with Crippen LogP contribution >= 0.6 is 0 Å². The van der Waals surface area contributed by atoms with Crippen molar-refractivity contribution in [3.63, 3.8) is 0 Å². The molecule has 0 radical (unpaired) electrons. The quantitative estimate of drug-likeness (QED) is 0.376. The minimum Gasteiger partial charge on any atom is -0.462 e. The van der Waals surface area contributed by atoms with Crippen LogP contribution in [0.4, 0.5) is 0 Å². The van der Waals surface area contributed by atoms with Crippen LogP contribution in [0, 0.1) is 0 Å². The van der Waals surface area contributed by atoms with Gasteiger partial charge in [-0.2, -0.15) is 0 Å². The number of hydrogen-bond donors (Lipinski definition) is 0. The number of Topliss-reactive ketones (excluding diaryl/α,β-unsaturated/α-hetero) is 1. The van der Waals surface area contributed by atoms with E-state index in [0.29, 0.717) is 12.3 Å². The second-order valence-corrected chi connectivity index (χ2v) is 5.37. The average molecular weight is 320 g/mol. The molecule has 0 spiro atoms. The van der Waals surface area contributed by atoms with Crippen LogP contribution in [0.1, 0.15) is 51.0 Å². The molecule has 0 saturated heterocycles. The van der Waals surface area contributed by atoms with Gasteiger partial charge in [0.25, 0.3) is 0 Å². The maximum Gasteiger partial charge on any atom is 0.313 e. The largest absolute Gasteiger partial charge is 0.462 e. The number of ketones is 1. The molecule has 5 nitrogen and oxygen atoms in total. The van der Waals surface area contributed by atoms with Crippen LogP contribution in [-0.2, 0) is 23.9 Å². The average Bonchev–Trinajstić information content (AvgIpc) is 2.52. The van der Waals surface area contributed by atoms with E-state index < -0.39 is 5.97 Å². The lowest BCUT2D eigenvalue weighted by Crippen LogP contribution is -2.15. The van der Waals surface area contributed by atoms with Crippen molar-refractivity contribution < 1.29 is 23.9 Å². The Morgan fingerprint density at radius 2 is 1.61 bits per heavy atom. The Balaban J connectivity index is 2.21. The highest BCUT2D eigenvalue weighted by molar-refractivity contribution is 5.94. The van der Waals surface area contributed by atoms with Crippen molar-refractivity contribution in [2.75, 3.05) is 13.2 Å². The van der Waals surface area contributed by atoms with Gasteiger partial charge in [-0.15, -0.1) is 0 Å². The third-order valence-corrected chi connectivity index (χ3v) is 3.46. The Bertz CT molecular complexity index is 509. The molecule has 23 heavy (non-hydrogen) atoms. The van der Waals surface area contributed by atoms with Crippen LogP contribution < -0.4 is 0 Å². The van der Waals surface area contributed by atoms with E-state index >= 15 is 0 Å². The van der Waals surface area contributed by atoms with Gasteiger partial charge in [-0.25, -0.2) is 0 Å². The van der Waals surface area contributed by atoms with E-state index in [4.69, 9.17) is 9.47 Å².